The molecule has 0 bridgehead atoms. The van der Waals surface area contributed by atoms with Gasteiger partial charge in [-0.1, -0.05) is 18.2 Å². The van der Waals surface area contributed by atoms with Crippen LogP contribution in [0.1, 0.15) is 27.6 Å². The third kappa shape index (κ3) is 2.73. The molecule has 0 saturated carbocycles. The zero-order chi connectivity index (χ0) is 15.0. The molecule has 108 valence electrons. The average molecular weight is 366 g/mol. The zero-order valence-electron chi connectivity index (χ0n) is 11.0. The fraction of sp³-hybridized carbons (Fsp3) is 0.200. The minimum atomic E-state index is -0.844. The molecule has 0 fully saturated rings. The summed E-state index contributed by atoms with van der Waals surface area (Å²) in [6.07, 6.45) is 0.0366. The summed E-state index contributed by atoms with van der Waals surface area (Å²) in [5.74, 6) is -1.07. The van der Waals surface area contributed by atoms with Gasteiger partial charge in [-0.05, 0) is 39.7 Å². The first-order valence-corrected chi connectivity index (χ1v) is 8.05. The van der Waals surface area contributed by atoms with E-state index >= 15 is 0 Å². The summed E-state index contributed by atoms with van der Waals surface area (Å²) in [4.78, 5) is 26.0. The van der Waals surface area contributed by atoms with Gasteiger partial charge >= 0.3 is 5.97 Å². The van der Waals surface area contributed by atoms with Crippen LogP contribution in [0.25, 0.3) is 0 Å². The summed E-state index contributed by atoms with van der Waals surface area (Å²) in [7, 11) is 0. The number of amides is 1. The third-order valence-electron chi connectivity index (χ3n) is 3.52. The van der Waals surface area contributed by atoms with Crippen LogP contribution >= 0.6 is 27.3 Å². The highest BCUT2D eigenvalue weighted by Gasteiger charge is 2.34. The highest BCUT2D eigenvalue weighted by atomic mass is 79.9. The van der Waals surface area contributed by atoms with Crippen molar-refractivity contribution in [2.45, 2.75) is 12.3 Å². The molecule has 1 aliphatic rings. The van der Waals surface area contributed by atoms with Gasteiger partial charge in [-0.15, -0.1) is 11.3 Å². The first kappa shape index (κ1) is 14.3. The van der Waals surface area contributed by atoms with Crippen LogP contribution in [0, 0.1) is 0 Å². The topological polar surface area (TPSA) is 57.6 Å². The van der Waals surface area contributed by atoms with E-state index in [2.05, 4.69) is 15.9 Å². The molecule has 6 heteroatoms. The molecule has 1 atom stereocenters. The summed E-state index contributed by atoms with van der Waals surface area (Å²) in [5.41, 5.74) is 1.75. The van der Waals surface area contributed by atoms with Crippen LogP contribution in [0.15, 0.2) is 40.2 Å². The van der Waals surface area contributed by atoms with E-state index in [9.17, 15) is 9.59 Å². The van der Waals surface area contributed by atoms with Gasteiger partial charge in [0.15, 0.2) is 0 Å². The Kier molecular flexibility index (Phi) is 3.82. The Hall–Kier alpha value is -1.66. The number of carbonyl (C=O) groups is 2. The number of nitrogens with zero attached hydrogens (tertiary/aromatic N) is 1. The van der Waals surface area contributed by atoms with Crippen LogP contribution < -0.4 is 4.90 Å². The fourth-order valence-corrected chi connectivity index (χ4v) is 3.97. The molecule has 1 aliphatic heterocycles. The van der Waals surface area contributed by atoms with Gasteiger partial charge < -0.3 is 10.0 Å². The van der Waals surface area contributed by atoms with Crippen LogP contribution in [0.5, 0.6) is 0 Å². The van der Waals surface area contributed by atoms with E-state index in [1.807, 2.05) is 30.3 Å². The number of anilines is 1. The number of carbonyl (C=O) groups excluding carboxylic acids is 1. The third-order valence-corrected chi connectivity index (χ3v) is 5.13. The van der Waals surface area contributed by atoms with E-state index in [0.29, 0.717) is 11.4 Å². The van der Waals surface area contributed by atoms with Gasteiger partial charge in [0.05, 0.1) is 15.1 Å². The number of rotatable bonds is 3. The summed E-state index contributed by atoms with van der Waals surface area (Å²) >= 11 is 4.74. The van der Waals surface area contributed by atoms with Gasteiger partial charge in [0.2, 0.25) is 0 Å². The van der Waals surface area contributed by atoms with Gasteiger partial charge in [0.1, 0.15) is 0 Å². The molecular formula is C15H12BrNO3S. The second kappa shape index (κ2) is 5.61. The predicted molar refractivity (Wildman–Crippen MR) is 85.1 cm³/mol. The van der Waals surface area contributed by atoms with Crippen LogP contribution in [-0.4, -0.2) is 23.5 Å². The molecule has 21 heavy (non-hydrogen) atoms. The molecule has 2 aromatic rings. The number of halogens is 1. The summed E-state index contributed by atoms with van der Waals surface area (Å²) in [6, 6.07) is 11.1. The molecule has 0 saturated heterocycles. The Bertz CT molecular complexity index is 712. The van der Waals surface area contributed by atoms with Crippen molar-refractivity contribution in [3.8, 4) is 0 Å². The van der Waals surface area contributed by atoms with Crippen molar-refractivity contribution in [1.82, 2.24) is 0 Å². The first-order valence-electron chi connectivity index (χ1n) is 6.44. The molecule has 1 amide bonds. The van der Waals surface area contributed by atoms with E-state index in [1.54, 1.807) is 11.0 Å². The van der Waals surface area contributed by atoms with E-state index in [1.165, 1.54) is 11.3 Å². The number of hydrogen-bond donors (Lipinski definition) is 1. The Morgan fingerprint density at radius 1 is 1.29 bits per heavy atom. The lowest BCUT2D eigenvalue weighted by Gasteiger charge is -2.16. The maximum absolute atomic E-state index is 12.6. The largest absolute Gasteiger partial charge is 0.481 e. The zero-order valence-corrected chi connectivity index (χ0v) is 13.4. The van der Waals surface area contributed by atoms with Crippen molar-refractivity contribution < 1.29 is 14.7 Å². The number of carboxylic acid groups (broad SMARTS) is 1. The van der Waals surface area contributed by atoms with Gasteiger partial charge in [-0.25, -0.2) is 0 Å². The summed E-state index contributed by atoms with van der Waals surface area (Å²) in [5, 5.41) is 9.04. The van der Waals surface area contributed by atoms with E-state index < -0.39 is 5.97 Å². The smallest absolute Gasteiger partial charge is 0.304 e. The van der Waals surface area contributed by atoms with Crippen LogP contribution in [0.3, 0.4) is 0 Å². The summed E-state index contributed by atoms with van der Waals surface area (Å²) in [6.45, 7) is 0.417. The Morgan fingerprint density at radius 3 is 2.71 bits per heavy atom. The molecule has 0 aliphatic carbocycles. The van der Waals surface area contributed by atoms with E-state index in [-0.39, 0.29) is 18.2 Å². The minimum absolute atomic E-state index is 0.0366. The maximum atomic E-state index is 12.6. The Morgan fingerprint density at radius 2 is 2.05 bits per heavy atom. The molecule has 1 unspecified atom stereocenters. The molecule has 0 spiro atoms. The SMILES string of the molecule is O=C(O)CC1CN(C(=O)c2ccc(Br)s2)c2ccccc21. The van der Waals surface area contributed by atoms with Crippen LogP contribution in [0.4, 0.5) is 5.69 Å². The average Bonchev–Trinajstić information content (AvgIpc) is 3.03. The van der Waals surface area contributed by atoms with Gasteiger partial charge in [0.25, 0.3) is 5.91 Å². The summed E-state index contributed by atoms with van der Waals surface area (Å²) < 4.78 is 0.903. The number of fused-ring (bicyclic) bond motifs is 1. The molecular weight excluding hydrogens is 354 g/mol. The highest BCUT2D eigenvalue weighted by molar-refractivity contribution is 9.11. The lowest BCUT2D eigenvalue weighted by atomic mass is 9.98. The standard InChI is InChI=1S/C15H12BrNO3S/c16-13-6-5-12(21-13)15(20)17-8-9(7-14(18)19)10-3-1-2-4-11(10)17/h1-6,9H,7-8H2,(H,18,19). The Balaban J connectivity index is 1.94. The van der Waals surface area contributed by atoms with Gasteiger partial charge in [-0.2, -0.15) is 0 Å². The molecule has 1 aromatic carbocycles. The number of benzene rings is 1. The molecule has 1 aromatic heterocycles. The number of para-hydroxylation sites is 1. The van der Waals surface area contributed by atoms with Crippen LogP contribution in [-0.2, 0) is 4.79 Å². The monoisotopic (exact) mass is 365 g/mol. The fourth-order valence-electron chi connectivity index (χ4n) is 2.64. The Labute approximate surface area is 134 Å². The molecule has 3 rings (SSSR count). The van der Waals surface area contributed by atoms with Gasteiger partial charge in [0, 0.05) is 18.2 Å². The number of thiophene rings is 1. The number of aliphatic carboxylic acids is 1. The number of carboxylic acids is 1. The van der Waals surface area contributed by atoms with Crippen molar-refractivity contribution in [3.63, 3.8) is 0 Å². The normalized spacial score (nSPS) is 16.8. The van der Waals surface area contributed by atoms with Crippen molar-refractivity contribution in [2.75, 3.05) is 11.4 Å². The van der Waals surface area contributed by atoms with E-state index in [0.717, 1.165) is 15.0 Å². The number of hydrogen-bond acceptors (Lipinski definition) is 3. The minimum Gasteiger partial charge on any atom is -0.481 e. The first-order chi connectivity index (χ1) is 10.1. The van der Waals surface area contributed by atoms with Gasteiger partial charge in [-0.3, -0.25) is 9.59 Å². The lowest BCUT2D eigenvalue weighted by Crippen LogP contribution is -2.29. The van der Waals surface area contributed by atoms with Crippen LogP contribution in [0.2, 0.25) is 0 Å². The molecule has 2 heterocycles. The predicted octanol–water partition coefficient (Wildman–Crippen LogP) is 3.73. The van der Waals surface area contributed by atoms with Crippen molar-refractivity contribution >= 4 is 44.8 Å². The second-order valence-electron chi connectivity index (χ2n) is 4.87. The van der Waals surface area contributed by atoms with Crippen molar-refractivity contribution in [2.24, 2.45) is 0 Å². The molecule has 0 radical (unpaired) electrons. The highest BCUT2D eigenvalue weighted by Crippen LogP contribution is 2.39. The second-order valence-corrected chi connectivity index (χ2v) is 7.34. The molecule has 1 N–H and O–H groups in total. The van der Waals surface area contributed by atoms with E-state index in [4.69, 9.17) is 5.11 Å². The van der Waals surface area contributed by atoms with Crippen molar-refractivity contribution in [1.29, 1.82) is 0 Å². The lowest BCUT2D eigenvalue weighted by molar-refractivity contribution is -0.137. The maximum Gasteiger partial charge on any atom is 0.304 e. The quantitative estimate of drug-likeness (QED) is 0.901. The van der Waals surface area contributed by atoms with Crippen molar-refractivity contribution in [3.05, 3.63) is 50.6 Å². The molecule has 4 nitrogen and oxygen atoms in total.